The Hall–Kier alpha value is -1.13. The molecular formula is C14H23FN2O. The number of hydrogen-bond acceptors (Lipinski definition) is 3. The predicted octanol–water partition coefficient (Wildman–Crippen LogP) is 2.26. The number of para-hydroxylation sites is 1. The van der Waals surface area contributed by atoms with Gasteiger partial charge in [-0.05, 0) is 19.1 Å². The van der Waals surface area contributed by atoms with Crippen LogP contribution in [0.5, 0.6) is 0 Å². The van der Waals surface area contributed by atoms with Gasteiger partial charge < -0.3 is 15.4 Å². The molecule has 1 aromatic carbocycles. The highest BCUT2D eigenvalue weighted by atomic mass is 19.1. The van der Waals surface area contributed by atoms with Gasteiger partial charge in [0, 0.05) is 32.2 Å². The van der Waals surface area contributed by atoms with Gasteiger partial charge in [0.2, 0.25) is 0 Å². The van der Waals surface area contributed by atoms with Gasteiger partial charge in [-0.25, -0.2) is 4.39 Å². The van der Waals surface area contributed by atoms with Gasteiger partial charge >= 0.3 is 0 Å². The van der Waals surface area contributed by atoms with E-state index in [-0.39, 0.29) is 17.8 Å². The van der Waals surface area contributed by atoms with E-state index in [0.29, 0.717) is 18.8 Å². The van der Waals surface area contributed by atoms with Crippen LogP contribution in [0.4, 0.5) is 10.1 Å². The molecule has 2 unspecified atom stereocenters. The van der Waals surface area contributed by atoms with Crippen LogP contribution in [-0.2, 0) is 4.74 Å². The number of likely N-dealkylation sites (N-methyl/N-ethyl adjacent to an activating group) is 1. The van der Waals surface area contributed by atoms with Gasteiger partial charge in [0.15, 0.2) is 0 Å². The van der Waals surface area contributed by atoms with Crippen molar-refractivity contribution in [1.82, 2.24) is 0 Å². The number of nitrogens with zero attached hydrogens (tertiary/aromatic N) is 1. The zero-order valence-electron chi connectivity index (χ0n) is 11.4. The lowest BCUT2D eigenvalue weighted by molar-refractivity contribution is 0.146. The summed E-state index contributed by atoms with van der Waals surface area (Å²) in [5.74, 6) is 0.0435. The van der Waals surface area contributed by atoms with Crippen LogP contribution in [0.3, 0.4) is 0 Å². The second-order valence-corrected chi connectivity index (χ2v) is 4.47. The highest BCUT2D eigenvalue weighted by Crippen LogP contribution is 2.23. The van der Waals surface area contributed by atoms with E-state index in [4.69, 9.17) is 10.5 Å². The number of nitrogens with two attached hydrogens (primary N) is 1. The molecule has 0 aromatic heterocycles. The molecule has 18 heavy (non-hydrogen) atoms. The number of methoxy groups -OCH3 is 1. The third-order valence-corrected chi connectivity index (χ3v) is 3.23. The molecule has 3 nitrogen and oxygen atoms in total. The van der Waals surface area contributed by atoms with E-state index in [1.807, 2.05) is 17.9 Å². The summed E-state index contributed by atoms with van der Waals surface area (Å²) < 4.78 is 19.0. The SMILES string of the molecule is CCN(c1ccccc1F)C(CN)C(C)COC. The maximum Gasteiger partial charge on any atom is 0.146 e. The Morgan fingerprint density at radius 3 is 2.56 bits per heavy atom. The number of halogens is 1. The van der Waals surface area contributed by atoms with Crippen molar-refractivity contribution in [3.05, 3.63) is 30.1 Å². The summed E-state index contributed by atoms with van der Waals surface area (Å²) in [7, 11) is 1.67. The quantitative estimate of drug-likeness (QED) is 0.811. The molecule has 0 spiro atoms. The fourth-order valence-electron chi connectivity index (χ4n) is 2.31. The first-order chi connectivity index (χ1) is 8.65. The van der Waals surface area contributed by atoms with Crippen LogP contribution in [0.15, 0.2) is 24.3 Å². The Morgan fingerprint density at radius 2 is 2.06 bits per heavy atom. The van der Waals surface area contributed by atoms with Gasteiger partial charge in [0.25, 0.3) is 0 Å². The molecule has 1 rings (SSSR count). The van der Waals surface area contributed by atoms with E-state index in [0.717, 1.165) is 6.54 Å². The molecule has 4 heteroatoms. The van der Waals surface area contributed by atoms with Crippen molar-refractivity contribution >= 4 is 5.69 Å². The molecule has 0 heterocycles. The number of hydrogen-bond donors (Lipinski definition) is 1. The van der Waals surface area contributed by atoms with Crippen LogP contribution in [0.1, 0.15) is 13.8 Å². The lowest BCUT2D eigenvalue weighted by Gasteiger charge is -2.36. The van der Waals surface area contributed by atoms with Crippen molar-refractivity contribution in [1.29, 1.82) is 0 Å². The largest absolute Gasteiger partial charge is 0.384 e. The molecule has 1 aromatic rings. The third kappa shape index (κ3) is 3.43. The third-order valence-electron chi connectivity index (χ3n) is 3.23. The molecule has 2 atom stereocenters. The topological polar surface area (TPSA) is 38.5 Å². The normalized spacial score (nSPS) is 14.3. The Kier molecular flexibility index (Phi) is 6.09. The van der Waals surface area contributed by atoms with Gasteiger partial charge in [-0.3, -0.25) is 0 Å². The van der Waals surface area contributed by atoms with Crippen molar-refractivity contribution in [2.45, 2.75) is 19.9 Å². The minimum Gasteiger partial charge on any atom is -0.384 e. The lowest BCUT2D eigenvalue weighted by Crippen LogP contribution is -2.46. The molecule has 2 N–H and O–H groups in total. The second kappa shape index (κ2) is 7.34. The minimum atomic E-state index is -0.206. The monoisotopic (exact) mass is 254 g/mol. The van der Waals surface area contributed by atoms with E-state index in [1.54, 1.807) is 19.2 Å². The highest BCUT2D eigenvalue weighted by Gasteiger charge is 2.24. The Labute approximate surface area is 109 Å². The van der Waals surface area contributed by atoms with E-state index in [9.17, 15) is 4.39 Å². The molecule has 0 saturated heterocycles. The van der Waals surface area contributed by atoms with Gasteiger partial charge in [-0.2, -0.15) is 0 Å². The Balaban J connectivity index is 2.96. The van der Waals surface area contributed by atoms with E-state index in [2.05, 4.69) is 6.92 Å². The van der Waals surface area contributed by atoms with Gasteiger partial charge in [0.1, 0.15) is 5.82 Å². The molecular weight excluding hydrogens is 231 g/mol. The van der Waals surface area contributed by atoms with Crippen molar-refractivity contribution in [2.24, 2.45) is 11.7 Å². The summed E-state index contributed by atoms with van der Waals surface area (Å²) in [6, 6.07) is 6.89. The molecule has 0 saturated carbocycles. The summed E-state index contributed by atoms with van der Waals surface area (Å²) >= 11 is 0. The highest BCUT2D eigenvalue weighted by molar-refractivity contribution is 5.48. The molecule has 0 aliphatic rings. The zero-order chi connectivity index (χ0) is 13.5. The van der Waals surface area contributed by atoms with Crippen molar-refractivity contribution in [3.63, 3.8) is 0 Å². The van der Waals surface area contributed by atoms with E-state index < -0.39 is 0 Å². The van der Waals surface area contributed by atoms with Crippen LogP contribution >= 0.6 is 0 Å². The molecule has 0 aliphatic carbocycles. The van der Waals surface area contributed by atoms with Crippen LogP contribution < -0.4 is 10.6 Å². The molecule has 0 bridgehead atoms. The van der Waals surface area contributed by atoms with E-state index >= 15 is 0 Å². The first kappa shape index (κ1) is 14.9. The summed E-state index contributed by atoms with van der Waals surface area (Å²) in [5, 5.41) is 0. The summed E-state index contributed by atoms with van der Waals surface area (Å²) in [5.41, 5.74) is 6.46. The van der Waals surface area contributed by atoms with Crippen molar-refractivity contribution in [3.8, 4) is 0 Å². The molecule has 0 amide bonds. The standard InChI is InChI=1S/C14H23FN2O/c1-4-17(13-8-6-5-7-12(13)15)14(9-16)11(2)10-18-3/h5-8,11,14H,4,9-10,16H2,1-3H3. The Morgan fingerprint density at radius 1 is 1.39 bits per heavy atom. The molecule has 0 fully saturated rings. The first-order valence-corrected chi connectivity index (χ1v) is 6.35. The fourth-order valence-corrected chi connectivity index (χ4v) is 2.31. The maximum atomic E-state index is 13.9. The van der Waals surface area contributed by atoms with E-state index in [1.165, 1.54) is 6.07 Å². The average Bonchev–Trinajstić information content (AvgIpc) is 2.37. The minimum absolute atomic E-state index is 0.0758. The van der Waals surface area contributed by atoms with Gasteiger partial charge in [-0.1, -0.05) is 19.1 Å². The van der Waals surface area contributed by atoms with Crippen LogP contribution in [-0.4, -0.2) is 32.8 Å². The average molecular weight is 254 g/mol. The number of rotatable bonds is 7. The number of benzene rings is 1. The summed E-state index contributed by atoms with van der Waals surface area (Å²) in [6.45, 7) is 5.90. The molecule has 0 aliphatic heterocycles. The Bertz CT molecular complexity index is 359. The van der Waals surface area contributed by atoms with Crippen LogP contribution in [0.2, 0.25) is 0 Å². The second-order valence-electron chi connectivity index (χ2n) is 4.47. The maximum absolute atomic E-state index is 13.9. The van der Waals surface area contributed by atoms with Gasteiger partial charge in [0.05, 0.1) is 12.3 Å². The predicted molar refractivity (Wildman–Crippen MR) is 73.3 cm³/mol. The summed E-state index contributed by atoms with van der Waals surface area (Å²) in [4.78, 5) is 2.01. The molecule has 102 valence electrons. The number of ether oxygens (including phenoxy) is 1. The van der Waals surface area contributed by atoms with Crippen molar-refractivity contribution in [2.75, 3.05) is 31.7 Å². The first-order valence-electron chi connectivity index (χ1n) is 6.35. The lowest BCUT2D eigenvalue weighted by atomic mass is 10.0. The van der Waals surface area contributed by atoms with Crippen molar-refractivity contribution < 1.29 is 9.13 Å². The van der Waals surface area contributed by atoms with Crippen LogP contribution in [0, 0.1) is 11.7 Å². The molecule has 0 radical (unpaired) electrons. The number of anilines is 1. The fraction of sp³-hybridized carbons (Fsp3) is 0.571. The van der Waals surface area contributed by atoms with Gasteiger partial charge in [-0.15, -0.1) is 0 Å². The van der Waals surface area contributed by atoms with Crippen LogP contribution in [0.25, 0.3) is 0 Å². The smallest absolute Gasteiger partial charge is 0.146 e. The summed E-state index contributed by atoms with van der Waals surface area (Å²) in [6.07, 6.45) is 0. The zero-order valence-corrected chi connectivity index (χ0v) is 11.4.